The largest absolute Gasteiger partial charge is 0.383 e. The number of nitrogens with zero attached hydrogens (tertiary/aromatic N) is 1. The Hall–Kier alpha value is -0.840. The van der Waals surface area contributed by atoms with Gasteiger partial charge in [0.1, 0.15) is 10.8 Å². The summed E-state index contributed by atoms with van der Waals surface area (Å²) >= 11 is 11.7. The Kier molecular flexibility index (Phi) is 6.39. The van der Waals surface area contributed by atoms with E-state index in [0.717, 1.165) is 12.8 Å². The van der Waals surface area contributed by atoms with Crippen LogP contribution in [0.5, 0.6) is 0 Å². The molecule has 0 fully saturated rings. The Labute approximate surface area is 117 Å². The van der Waals surface area contributed by atoms with Crippen LogP contribution < -0.4 is 5.32 Å². The number of carbonyl (C=O) groups excluding carboxylic acids is 1. The maximum absolute atomic E-state index is 12.0. The molecule has 0 saturated heterocycles. The Morgan fingerprint density at radius 3 is 2.83 bits per heavy atom. The molecule has 4 nitrogen and oxygen atoms in total. The topological polar surface area (TPSA) is 51.2 Å². The highest BCUT2D eigenvalue weighted by Gasteiger charge is 2.17. The minimum Gasteiger partial charge on any atom is -0.383 e. The van der Waals surface area contributed by atoms with Gasteiger partial charge in [-0.25, -0.2) is 4.98 Å². The maximum atomic E-state index is 12.0. The van der Waals surface area contributed by atoms with Gasteiger partial charge in [0.25, 0.3) is 5.91 Å². The summed E-state index contributed by atoms with van der Waals surface area (Å²) in [6.07, 6.45) is 1.78. The zero-order chi connectivity index (χ0) is 13.5. The molecule has 6 heteroatoms. The fourth-order valence-corrected chi connectivity index (χ4v) is 1.92. The number of rotatable bonds is 6. The average Bonchev–Trinajstić information content (AvgIpc) is 2.33. The van der Waals surface area contributed by atoms with Crippen LogP contribution in [0.3, 0.4) is 0 Å². The third-order valence-electron chi connectivity index (χ3n) is 2.37. The van der Waals surface area contributed by atoms with E-state index in [0.29, 0.717) is 6.61 Å². The van der Waals surface area contributed by atoms with Gasteiger partial charge >= 0.3 is 0 Å². The zero-order valence-electron chi connectivity index (χ0n) is 10.4. The van der Waals surface area contributed by atoms with E-state index < -0.39 is 0 Å². The van der Waals surface area contributed by atoms with Crippen molar-refractivity contribution in [1.29, 1.82) is 0 Å². The second-order valence-corrected chi connectivity index (χ2v) is 4.67. The molecule has 0 bridgehead atoms. The van der Waals surface area contributed by atoms with Gasteiger partial charge in [-0.05, 0) is 18.6 Å². The molecule has 1 unspecified atom stereocenters. The van der Waals surface area contributed by atoms with Gasteiger partial charge in [0, 0.05) is 7.11 Å². The maximum Gasteiger partial charge on any atom is 0.271 e. The van der Waals surface area contributed by atoms with Crippen LogP contribution >= 0.6 is 23.2 Å². The number of hydrogen-bond donors (Lipinski definition) is 1. The summed E-state index contributed by atoms with van der Waals surface area (Å²) < 4.78 is 5.05. The third kappa shape index (κ3) is 4.44. The molecule has 0 aliphatic heterocycles. The standard InChI is InChI=1S/C12H16Cl2N2O2/c1-3-4-8(7-18-2)15-12(17)11-9(13)5-6-10(14)16-11/h5-6,8H,3-4,7H2,1-2H3,(H,15,17). The van der Waals surface area contributed by atoms with Crippen LogP contribution in [0.1, 0.15) is 30.3 Å². The number of nitrogens with one attached hydrogen (secondary N) is 1. The molecule has 1 atom stereocenters. The SMILES string of the molecule is CCCC(COC)NC(=O)c1nc(Cl)ccc1Cl. The van der Waals surface area contributed by atoms with Crippen molar-refractivity contribution in [3.05, 3.63) is 28.0 Å². The van der Waals surface area contributed by atoms with E-state index in [2.05, 4.69) is 10.3 Å². The first kappa shape index (κ1) is 15.2. The molecule has 0 aliphatic carbocycles. The van der Waals surface area contributed by atoms with Gasteiger partial charge in [-0.2, -0.15) is 0 Å². The van der Waals surface area contributed by atoms with Gasteiger partial charge in [0.05, 0.1) is 17.7 Å². The minimum atomic E-state index is -0.335. The number of halogens is 2. The quantitative estimate of drug-likeness (QED) is 0.820. The number of hydrogen-bond acceptors (Lipinski definition) is 3. The molecule has 1 heterocycles. The predicted octanol–water partition coefficient (Wildman–Crippen LogP) is 2.93. The van der Waals surface area contributed by atoms with E-state index in [-0.39, 0.29) is 27.8 Å². The molecular weight excluding hydrogens is 275 g/mol. The first-order valence-electron chi connectivity index (χ1n) is 5.70. The van der Waals surface area contributed by atoms with Crippen LogP contribution in [0.2, 0.25) is 10.2 Å². The summed E-state index contributed by atoms with van der Waals surface area (Å²) in [6.45, 7) is 2.50. The van der Waals surface area contributed by atoms with Crippen LogP contribution in [-0.4, -0.2) is 30.6 Å². The lowest BCUT2D eigenvalue weighted by Gasteiger charge is -2.17. The van der Waals surface area contributed by atoms with Crippen LogP contribution in [0.4, 0.5) is 0 Å². The van der Waals surface area contributed by atoms with Crippen molar-refractivity contribution in [3.8, 4) is 0 Å². The second kappa shape index (κ2) is 7.56. The first-order chi connectivity index (χ1) is 8.58. The lowest BCUT2D eigenvalue weighted by Crippen LogP contribution is -2.38. The fraction of sp³-hybridized carbons (Fsp3) is 0.500. The monoisotopic (exact) mass is 290 g/mol. The number of ether oxygens (including phenoxy) is 1. The molecule has 1 N–H and O–H groups in total. The highest BCUT2D eigenvalue weighted by atomic mass is 35.5. The Morgan fingerprint density at radius 1 is 1.50 bits per heavy atom. The lowest BCUT2D eigenvalue weighted by molar-refractivity contribution is 0.0887. The molecule has 1 aromatic rings. The normalized spacial score (nSPS) is 12.2. The van der Waals surface area contributed by atoms with Crippen molar-refractivity contribution < 1.29 is 9.53 Å². The predicted molar refractivity (Wildman–Crippen MR) is 72.3 cm³/mol. The number of carbonyl (C=O) groups is 1. The fourth-order valence-electron chi connectivity index (χ4n) is 1.58. The van der Waals surface area contributed by atoms with E-state index in [4.69, 9.17) is 27.9 Å². The van der Waals surface area contributed by atoms with E-state index in [1.165, 1.54) is 0 Å². The summed E-state index contributed by atoms with van der Waals surface area (Å²) in [6, 6.07) is 3.04. The van der Waals surface area contributed by atoms with Crippen LogP contribution in [0.25, 0.3) is 0 Å². The highest BCUT2D eigenvalue weighted by Crippen LogP contribution is 2.17. The van der Waals surface area contributed by atoms with E-state index >= 15 is 0 Å². The molecule has 0 spiro atoms. The Balaban J connectivity index is 2.76. The van der Waals surface area contributed by atoms with Crippen LogP contribution in [0, 0.1) is 0 Å². The molecule has 1 amide bonds. The number of methoxy groups -OCH3 is 1. The van der Waals surface area contributed by atoms with E-state index in [9.17, 15) is 4.79 Å². The molecule has 0 aliphatic rings. The number of amides is 1. The van der Waals surface area contributed by atoms with Gasteiger partial charge in [-0.1, -0.05) is 36.5 Å². The molecule has 0 aromatic carbocycles. The van der Waals surface area contributed by atoms with Crippen molar-refractivity contribution in [3.63, 3.8) is 0 Å². The van der Waals surface area contributed by atoms with E-state index in [1.54, 1.807) is 19.2 Å². The Bertz CT molecular complexity index is 407. The van der Waals surface area contributed by atoms with Crippen molar-refractivity contribution in [2.45, 2.75) is 25.8 Å². The molecule has 1 rings (SSSR count). The smallest absolute Gasteiger partial charge is 0.271 e. The van der Waals surface area contributed by atoms with Gasteiger partial charge in [-0.3, -0.25) is 4.79 Å². The molecule has 0 radical (unpaired) electrons. The van der Waals surface area contributed by atoms with Gasteiger partial charge in [0.15, 0.2) is 0 Å². The van der Waals surface area contributed by atoms with Gasteiger partial charge in [-0.15, -0.1) is 0 Å². The second-order valence-electron chi connectivity index (χ2n) is 3.88. The first-order valence-corrected chi connectivity index (χ1v) is 6.46. The van der Waals surface area contributed by atoms with Crippen LogP contribution in [-0.2, 0) is 4.74 Å². The molecule has 18 heavy (non-hydrogen) atoms. The highest BCUT2D eigenvalue weighted by molar-refractivity contribution is 6.34. The van der Waals surface area contributed by atoms with Crippen molar-refractivity contribution in [1.82, 2.24) is 10.3 Å². The Morgan fingerprint density at radius 2 is 2.22 bits per heavy atom. The summed E-state index contributed by atoms with van der Waals surface area (Å²) in [5.74, 6) is -0.335. The zero-order valence-corrected chi connectivity index (χ0v) is 11.9. The lowest BCUT2D eigenvalue weighted by atomic mass is 10.1. The molecule has 0 saturated carbocycles. The van der Waals surface area contributed by atoms with Gasteiger partial charge in [0.2, 0.25) is 0 Å². The van der Waals surface area contributed by atoms with Crippen molar-refractivity contribution in [2.24, 2.45) is 0 Å². The summed E-state index contributed by atoms with van der Waals surface area (Å²) in [4.78, 5) is 15.9. The summed E-state index contributed by atoms with van der Waals surface area (Å²) in [5.41, 5.74) is 0.140. The average molecular weight is 291 g/mol. The minimum absolute atomic E-state index is 0.0515. The van der Waals surface area contributed by atoms with Crippen molar-refractivity contribution >= 4 is 29.1 Å². The summed E-state index contributed by atoms with van der Waals surface area (Å²) in [5, 5.41) is 3.35. The molecule has 100 valence electrons. The van der Waals surface area contributed by atoms with E-state index in [1.807, 2.05) is 6.92 Å². The number of pyridine rings is 1. The van der Waals surface area contributed by atoms with Crippen LogP contribution in [0.15, 0.2) is 12.1 Å². The van der Waals surface area contributed by atoms with Gasteiger partial charge < -0.3 is 10.1 Å². The molecule has 1 aromatic heterocycles. The van der Waals surface area contributed by atoms with Crippen molar-refractivity contribution in [2.75, 3.05) is 13.7 Å². The third-order valence-corrected chi connectivity index (χ3v) is 2.88. The summed E-state index contributed by atoms with van der Waals surface area (Å²) in [7, 11) is 1.60. The number of aromatic nitrogens is 1. The molecular formula is C12H16Cl2N2O2.